The van der Waals surface area contributed by atoms with Crippen LogP contribution in [0.4, 0.5) is 10.1 Å². The molecule has 1 saturated heterocycles. The SMILES string of the molecule is O=C(c1sc2cc([N+](=O)[O-])ccc2c1Cl)N1CCN(Cc2ccccc2F)CC1. The summed E-state index contributed by atoms with van der Waals surface area (Å²) in [6, 6.07) is 11.1. The number of nitro benzene ring substituents is 1. The third-order valence-corrected chi connectivity index (χ3v) is 6.67. The second-order valence-corrected chi connectivity index (χ2v) is 8.27. The van der Waals surface area contributed by atoms with Crippen LogP contribution in [0.25, 0.3) is 10.1 Å². The van der Waals surface area contributed by atoms with E-state index in [0.29, 0.717) is 58.3 Å². The molecule has 1 aromatic heterocycles. The number of carbonyl (C=O) groups is 1. The Bertz CT molecular complexity index is 1100. The largest absolute Gasteiger partial charge is 0.335 e. The average molecular weight is 434 g/mol. The van der Waals surface area contributed by atoms with Crippen molar-refractivity contribution < 1.29 is 14.1 Å². The van der Waals surface area contributed by atoms with Crippen LogP contribution in [-0.4, -0.2) is 46.8 Å². The van der Waals surface area contributed by atoms with Crippen molar-refractivity contribution >= 4 is 44.6 Å². The first-order valence-corrected chi connectivity index (χ1v) is 10.2. The maximum atomic E-state index is 13.8. The van der Waals surface area contributed by atoms with Crippen LogP contribution in [0.3, 0.4) is 0 Å². The number of nitro groups is 1. The third kappa shape index (κ3) is 3.96. The molecule has 29 heavy (non-hydrogen) atoms. The van der Waals surface area contributed by atoms with E-state index in [2.05, 4.69) is 4.90 Å². The van der Waals surface area contributed by atoms with Gasteiger partial charge in [0.1, 0.15) is 10.7 Å². The number of thiophene rings is 1. The molecule has 2 aromatic carbocycles. The van der Waals surface area contributed by atoms with Crippen molar-refractivity contribution in [2.45, 2.75) is 6.54 Å². The molecule has 0 N–H and O–H groups in total. The van der Waals surface area contributed by atoms with E-state index in [9.17, 15) is 19.3 Å². The lowest BCUT2D eigenvalue weighted by molar-refractivity contribution is -0.384. The van der Waals surface area contributed by atoms with E-state index in [1.165, 1.54) is 29.5 Å². The molecule has 0 spiro atoms. The Morgan fingerprint density at radius 1 is 1.17 bits per heavy atom. The topological polar surface area (TPSA) is 66.7 Å². The molecule has 1 aliphatic rings. The normalized spacial score (nSPS) is 15.0. The van der Waals surface area contributed by atoms with Gasteiger partial charge >= 0.3 is 0 Å². The van der Waals surface area contributed by atoms with Crippen LogP contribution in [0, 0.1) is 15.9 Å². The predicted octanol–water partition coefficient (Wildman–Crippen LogP) is 4.56. The van der Waals surface area contributed by atoms with Gasteiger partial charge in [-0.25, -0.2) is 4.39 Å². The number of rotatable bonds is 4. The van der Waals surface area contributed by atoms with Crippen molar-refractivity contribution in [2.24, 2.45) is 0 Å². The van der Waals surface area contributed by atoms with Crippen LogP contribution in [0.1, 0.15) is 15.2 Å². The molecule has 1 aliphatic heterocycles. The number of benzene rings is 2. The van der Waals surface area contributed by atoms with E-state index in [4.69, 9.17) is 11.6 Å². The number of nitrogens with zero attached hydrogens (tertiary/aromatic N) is 3. The predicted molar refractivity (Wildman–Crippen MR) is 111 cm³/mol. The number of piperazine rings is 1. The summed E-state index contributed by atoms with van der Waals surface area (Å²) < 4.78 is 14.5. The zero-order valence-corrected chi connectivity index (χ0v) is 16.9. The second kappa shape index (κ2) is 8.06. The standard InChI is InChI=1S/C20H17ClFN3O3S/c21-18-15-6-5-14(25(27)28)11-17(15)29-19(18)20(26)24-9-7-23(8-10-24)12-13-3-1-2-4-16(13)22/h1-6,11H,7-10,12H2. The first kappa shape index (κ1) is 19.8. The highest BCUT2D eigenvalue weighted by Crippen LogP contribution is 2.38. The van der Waals surface area contributed by atoms with Crippen molar-refractivity contribution in [3.8, 4) is 0 Å². The number of carbonyl (C=O) groups excluding carboxylic acids is 1. The lowest BCUT2D eigenvalue weighted by atomic mass is 10.2. The van der Waals surface area contributed by atoms with Gasteiger partial charge in [-0.1, -0.05) is 29.8 Å². The molecule has 1 amide bonds. The van der Waals surface area contributed by atoms with Gasteiger partial charge in [-0.2, -0.15) is 0 Å². The Hall–Kier alpha value is -2.55. The minimum absolute atomic E-state index is 0.0313. The lowest BCUT2D eigenvalue weighted by Crippen LogP contribution is -2.48. The molecule has 0 bridgehead atoms. The summed E-state index contributed by atoms with van der Waals surface area (Å²) in [4.78, 5) is 27.7. The monoisotopic (exact) mass is 433 g/mol. The van der Waals surface area contributed by atoms with Crippen LogP contribution in [-0.2, 0) is 6.54 Å². The van der Waals surface area contributed by atoms with Gasteiger partial charge in [0.15, 0.2) is 0 Å². The Balaban J connectivity index is 1.46. The van der Waals surface area contributed by atoms with E-state index in [0.717, 1.165) is 0 Å². The lowest BCUT2D eigenvalue weighted by Gasteiger charge is -2.34. The number of hydrogen-bond acceptors (Lipinski definition) is 5. The van der Waals surface area contributed by atoms with Crippen LogP contribution in [0.2, 0.25) is 5.02 Å². The molecule has 3 aromatic rings. The van der Waals surface area contributed by atoms with Gasteiger partial charge in [-0.05, 0) is 12.1 Å². The molecule has 150 valence electrons. The number of halogens is 2. The summed E-state index contributed by atoms with van der Waals surface area (Å²) in [6.07, 6.45) is 0. The van der Waals surface area contributed by atoms with E-state index in [-0.39, 0.29) is 17.4 Å². The van der Waals surface area contributed by atoms with Crippen LogP contribution >= 0.6 is 22.9 Å². The summed E-state index contributed by atoms with van der Waals surface area (Å²) in [7, 11) is 0. The minimum atomic E-state index is -0.469. The number of fused-ring (bicyclic) bond motifs is 1. The van der Waals surface area contributed by atoms with Gasteiger partial charge in [0.2, 0.25) is 0 Å². The first-order chi connectivity index (χ1) is 13.9. The summed E-state index contributed by atoms with van der Waals surface area (Å²) >= 11 is 7.57. The molecule has 0 saturated carbocycles. The van der Waals surface area contributed by atoms with E-state index < -0.39 is 4.92 Å². The molecule has 2 heterocycles. The third-order valence-electron chi connectivity index (χ3n) is 5.03. The first-order valence-electron chi connectivity index (χ1n) is 9.05. The smallest absolute Gasteiger partial charge is 0.270 e. The molecule has 4 rings (SSSR count). The fourth-order valence-corrected chi connectivity index (χ4v) is 4.94. The zero-order valence-electron chi connectivity index (χ0n) is 15.3. The molecule has 0 unspecified atom stereocenters. The van der Waals surface area contributed by atoms with Gasteiger partial charge in [-0.15, -0.1) is 11.3 Å². The molecule has 6 nitrogen and oxygen atoms in total. The highest BCUT2D eigenvalue weighted by Gasteiger charge is 2.27. The molecule has 9 heteroatoms. The van der Waals surface area contributed by atoms with Gasteiger partial charge in [-0.3, -0.25) is 19.8 Å². The van der Waals surface area contributed by atoms with Crippen molar-refractivity contribution in [2.75, 3.05) is 26.2 Å². The van der Waals surface area contributed by atoms with Crippen molar-refractivity contribution in [3.05, 3.63) is 73.9 Å². The Kier molecular flexibility index (Phi) is 5.49. The molecule has 0 atom stereocenters. The zero-order chi connectivity index (χ0) is 20.5. The van der Waals surface area contributed by atoms with Gasteiger partial charge in [0, 0.05) is 60.5 Å². The average Bonchev–Trinajstić information content (AvgIpc) is 3.05. The Labute approximate surface area is 175 Å². The van der Waals surface area contributed by atoms with Crippen molar-refractivity contribution in [1.29, 1.82) is 0 Å². The van der Waals surface area contributed by atoms with E-state index in [1.54, 1.807) is 23.1 Å². The van der Waals surface area contributed by atoms with Crippen LogP contribution in [0.15, 0.2) is 42.5 Å². The van der Waals surface area contributed by atoms with Crippen molar-refractivity contribution in [3.63, 3.8) is 0 Å². The molecule has 0 aliphatic carbocycles. The van der Waals surface area contributed by atoms with Crippen LogP contribution in [0.5, 0.6) is 0 Å². The van der Waals surface area contributed by atoms with Crippen molar-refractivity contribution in [1.82, 2.24) is 9.80 Å². The number of amides is 1. The fourth-order valence-electron chi connectivity index (χ4n) is 3.43. The summed E-state index contributed by atoms with van der Waals surface area (Å²) in [5.74, 6) is -0.401. The van der Waals surface area contributed by atoms with Gasteiger partial charge in [0.25, 0.3) is 11.6 Å². The highest BCUT2D eigenvalue weighted by atomic mass is 35.5. The van der Waals surface area contributed by atoms with Gasteiger partial charge in [0.05, 0.1) is 9.95 Å². The summed E-state index contributed by atoms with van der Waals surface area (Å²) in [6.45, 7) is 2.79. The van der Waals surface area contributed by atoms with Crippen LogP contribution < -0.4 is 0 Å². The Morgan fingerprint density at radius 2 is 1.90 bits per heavy atom. The summed E-state index contributed by atoms with van der Waals surface area (Å²) in [5, 5.41) is 11.9. The second-order valence-electron chi connectivity index (χ2n) is 6.84. The Morgan fingerprint density at radius 3 is 2.59 bits per heavy atom. The maximum Gasteiger partial charge on any atom is 0.270 e. The van der Waals surface area contributed by atoms with E-state index >= 15 is 0 Å². The quantitative estimate of drug-likeness (QED) is 0.447. The van der Waals surface area contributed by atoms with E-state index in [1.807, 2.05) is 6.07 Å². The molecular formula is C20H17ClFN3O3S. The number of non-ortho nitro benzene ring substituents is 1. The highest BCUT2D eigenvalue weighted by molar-refractivity contribution is 7.21. The molecule has 1 fully saturated rings. The number of hydrogen-bond donors (Lipinski definition) is 0. The minimum Gasteiger partial charge on any atom is -0.335 e. The molecule has 0 radical (unpaired) electrons. The fraction of sp³-hybridized carbons (Fsp3) is 0.250. The maximum absolute atomic E-state index is 13.8. The van der Waals surface area contributed by atoms with Gasteiger partial charge < -0.3 is 4.90 Å². The summed E-state index contributed by atoms with van der Waals surface area (Å²) in [5.41, 5.74) is 0.609. The molecular weight excluding hydrogens is 417 g/mol.